The summed E-state index contributed by atoms with van der Waals surface area (Å²) in [6.07, 6.45) is 1.14. The summed E-state index contributed by atoms with van der Waals surface area (Å²) in [5.41, 5.74) is 4.19. The van der Waals surface area contributed by atoms with Crippen LogP contribution in [-0.2, 0) is 11.2 Å². The average Bonchev–Trinajstić information content (AvgIpc) is 2.73. The third-order valence-electron chi connectivity index (χ3n) is 5.23. The Labute approximate surface area is 164 Å². The maximum atomic E-state index is 12.9. The van der Waals surface area contributed by atoms with Crippen LogP contribution in [0.15, 0.2) is 36.9 Å². The largest absolute Gasteiger partial charge is 0.352 e. The molecule has 144 valence electrons. The Bertz CT molecular complexity index is 930. The Morgan fingerprint density at radius 1 is 1.07 bits per heavy atom. The number of rotatable bonds is 3. The number of hydrogen-bond acceptors (Lipinski definition) is 5. The molecule has 0 radical (unpaired) electrons. The zero-order chi connectivity index (χ0) is 19.7. The molecule has 0 unspecified atom stereocenters. The van der Waals surface area contributed by atoms with Gasteiger partial charge in [-0.3, -0.25) is 9.59 Å². The number of hydrogen-bond donors (Lipinski definition) is 1. The maximum Gasteiger partial charge on any atom is 0.253 e. The van der Waals surface area contributed by atoms with E-state index in [4.69, 9.17) is 0 Å². The lowest BCUT2D eigenvalue weighted by molar-refractivity contribution is -0.116. The van der Waals surface area contributed by atoms with E-state index in [2.05, 4.69) is 27.0 Å². The number of benzene rings is 1. The first kappa shape index (κ1) is 18.2. The van der Waals surface area contributed by atoms with Gasteiger partial charge in [0.15, 0.2) is 5.82 Å². The van der Waals surface area contributed by atoms with Gasteiger partial charge in [0.25, 0.3) is 5.91 Å². The number of anilines is 2. The first-order chi connectivity index (χ1) is 13.5. The SMILES string of the molecule is C=C(C)c1ccc(N2CCN(C(=O)c3ccc4c(c3)CCC(=O)N4)CC2)nn1. The number of nitrogens with zero attached hydrogens (tertiary/aromatic N) is 4. The maximum absolute atomic E-state index is 12.9. The van der Waals surface area contributed by atoms with Crippen molar-refractivity contribution in [2.24, 2.45) is 0 Å². The lowest BCUT2D eigenvalue weighted by Gasteiger charge is -2.35. The van der Waals surface area contributed by atoms with Crippen molar-refractivity contribution in [2.75, 3.05) is 36.4 Å². The van der Waals surface area contributed by atoms with Crippen molar-refractivity contribution in [2.45, 2.75) is 19.8 Å². The molecule has 4 rings (SSSR count). The number of allylic oxidation sites excluding steroid dienone is 1. The summed E-state index contributed by atoms with van der Waals surface area (Å²) >= 11 is 0. The van der Waals surface area contributed by atoms with Crippen molar-refractivity contribution >= 4 is 28.9 Å². The lowest BCUT2D eigenvalue weighted by atomic mass is 10.00. The van der Waals surface area contributed by atoms with E-state index in [1.807, 2.05) is 36.1 Å². The summed E-state index contributed by atoms with van der Waals surface area (Å²) in [6.45, 7) is 8.48. The van der Waals surface area contributed by atoms with E-state index >= 15 is 0 Å². The highest BCUT2D eigenvalue weighted by Crippen LogP contribution is 2.24. The normalized spacial score (nSPS) is 16.4. The van der Waals surface area contributed by atoms with Gasteiger partial charge in [0.05, 0.1) is 5.69 Å². The summed E-state index contributed by atoms with van der Waals surface area (Å²) in [7, 11) is 0. The van der Waals surface area contributed by atoms with Gasteiger partial charge >= 0.3 is 0 Å². The van der Waals surface area contributed by atoms with E-state index in [-0.39, 0.29) is 11.8 Å². The van der Waals surface area contributed by atoms with E-state index in [1.165, 1.54) is 0 Å². The molecule has 0 bridgehead atoms. The van der Waals surface area contributed by atoms with Crippen LogP contribution in [0.3, 0.4) is 0 Å². The molecule has 0 atom stereocenters. The van der Waals surface area contributed by atoms with E-state index in [9.17, 15) is 9.59 Å². The van der Waals surface area contributed by atoms with Gasteiger partial charge in [-0.05, 0) is 54.8 Å². The lowest BCUT2D eigenvalue weighted by Crippen LogP contribution is -2.49. The summed E-state index contributed by atoms with van der Waals surface area (Å²) in [6, 6.07) is 9.40. The van der Waals surface area contributed by atoms with Crippen molar-refractivity contribution in [3.63, 3.8) is 0 Å². The van der Waals surface area contributed by atoms with Gasteiger partial charge in [0.1, 0.15) is 0 Å². The second-order valence-corrected chi connectivity index (χ2v) is 7.26. The van der Waals surface area contributed by atoms with Crippen LogP contribution in [0.25, 0.3) is 5.57 Å². The number of fused-ring (bicyclic) bond motifs is 1. The zero-order valence-electron chi connectivity index (χ0n) is 15.9. The fourth-order valence-corrected chi connectivity index (χ4v) is 3.56. The van der Waals surface area contributed by atoms with E-state index < -0.39 is 0 Å². The van der Waals surface area contributed by atoms with E-state index in [0.29, 0.717) is 44.6 Å². The number of aromatic nitrogens is 2. The van der Waals surface area contributed by atoms with Crippen LogP contribution in [0.5, 0.6) is 0 Å². The molecular weight excluding hydrogens is 354 g/mol. The Hall–Kier alpha value is -3.22. The molecule has 0 spiro atoms. The molecule has 2 aliphatic rings. The monoisotopic (exact) mass is 377 g/mol. The van der Waals surface area contributed by atoms with Gasteiger partial charge < -0.3 is 15.1 Å². The topological polar surface area (TPSA) is 78.4 Å². The minimum atomic E-state index is 0.0297. The molecule has 3 heterocycles. The molecule has 2 aliphatic heterocycles. The highest BCUT2D eigenvalue weighted by molar-refractivity contribution is 5.98. The van der Waals surface area contributed by atoms with Gasteiger partial charge in [0.2, 0.25) is 5.91 Å². The Balaban J connectivity index is 1.40. The number of amides is 2. The molecule has 7 nitrogen and oxygen atoms in total. The van der Waals surface area contributed by atoms with E-state index in [1.54, 1.807) is 6.07 Å². The van der Waals surface area contributed by atoms with E-state index in [0.717, 1.165) is 28.3 Å². The molecule has 1 N–H and O–H groups in total. The predicted molar refractivity (Wildman–Crippen MR) is 108 cm³/mol. The minimum absolute atomic E-state index is 0.0297. The highest BCUT2D eigenvalue weighted by atomic mass is 16.2. The van der Waals surface area contributed by atoms with Crippen LogP contribution >= 0.6 is 0 Å². The number of carbonyl (C=O) groups is 2. The van der Waals surface area contributed by atoms with Gasteiger partial charge in [-0.1, -0.05) is 6.58 Å². The molecule has 0 saturated carbocycles. The molecule has 7 heteroatoms. The van der Waals surface area contributed by atoms with Crippen LogP contribution < -0.4 is 10.2 Å². The van der Waals surface area contributed by atoms with Crippen molar-refractivity contribution in [3.8, 4) is 0 Å². The number of nitrogens with one attached hydrogen (secondary N) is 1. The molecule has 2 aromatic rings. The van der Waals surface area contributed by atoms with Crippen molar-refractivity contribution in [1.82, 2.24) is 15.1 Å². The molecular formula is C21H23N5O2. The average molecular weight is 377 g/mol. The highest BCUT2D eigenvalue weighted by Gasteiger charge is 2.24. The third-order valence-corrected chi connectivity index (χ3v) is 5.23. The second kappa shape index (κ2) is 7.42. The first-order valence-corrected chi connectivity index (χ1v) is 9.48. The summed E-state index contributed by atoms with van der Waals surface area (Å²) < 4.78 is 0. The van der Waals surface area contributed by atoms with Gasteiger partial charge in [-0.15, -0.1) is 10.2 Å². The predicted octanol–water partition coefficient (Wildman–Crippen LogP) is 2.36. The summed E-state index contributed by atoms with van der Waals surface area (Å²) in [4.78, 5) is 28.4. The standard InChI is InChI=1S/C21H23N5O2/c1-14(2)17-6-7-19(24-23-17)25-9-11-26(12-10-25)21(28)16-3-5-18-15(13-16)4-8-20(27)22-18/h3,5-7,13H,1,4,8-12H2,2H3,(H,22,27). The van der Waals surface area contributed by atoms with Gasteiger partial charge in [-0.2, -0.15) is 0 Å². The fraction of sp³-hybridized carbons (Fsp3) is 0.333. The zero-order valence-corrected chi connectivity index (χ0v) is 15.9. The van der Waals surface area contributed by atoms with Crippen LogP contribution in [-0.4, -0.2) is 53.1 Å². The number of carbonyl (C=O) groups excluding carboxylic acids is 2. The summed E-state index contributed by atoms with van der Waals surface area (Å²) in [5.74, 6) is 0.881. The quantitative estimate of drug-likeness (QED) is 0.888. The minimum Gasteiger partial charge on any atom is -0.352 e. The van der Waals surface area contributed by atoms with Crippen molar-refractivity contribution < 1.29 is 9.59 Å². The first-order valence-electron chi connectivity index (χ1n) is 9.48. The molecule has 0 aliphatic carbocycles. The van der Waals surface area contributed by atoms with Crippen LogP contribution in [0, 0.1) is 0 Å². The Kier molecular flexibility index (Phi) is 4.81. The smallest absolute Gasteiger partial charge is 0.253 e. The molecule has 1 aromatic heterocycles. The van der Waals surface area contributed by atoms with Crippen molar-refractivity contribution in [3.05, 3.63) is 53.7 Å². The molecule has 2 amide bonds. The van der Waals surface area contributed by atoms with Gasteiger partial charge in [-0.25, -0.2) is 0 Å². The number of piperazine rings is 1. The summed E-state index contributed by atoms with van der Waals surface area (Å²) in [5, 5.41) is 11.3. The fourth-order valence-electron chi connectivity index (χ4n) is 3.56. The molecule has 28 heavy (non-hydrogen) atoms. The third kappa shape index (κ3) is 3.60. The van der Waals surface area contributed by atoms with Crippen LogP contribution in [0.4, 0.5) is 11.5 Å². The second-order valence-electron chi connectivity index (χ2n) is 7.26. The Morgan fingerprint density at radius 2 is 1.86 bits per heavy atom. The van der Waals surface area contributed by atoms with Crippen molar-refractivity contribution in [1.29, 1.82) is 0 Å². The van der Waals surface area contributed by atoms with Crippen LogP contribution in [0.2, 0.25) is 0 Å². The molecule has 1 saturated heterocycles. The number of aryl methyl sites for hydroxylation is 1. The molecule has 1 fully saturated rings. The van der Waals surface area contributed by atoms with Crippen LogP contribution in [0.1, 0.15) is 35.0 Å². The molecule has 1 aromatic carbocycles. The Morgan fingerprint density at radius 3 is 2.54 bits per heavy atom. The van der Waals surface area contributed by atoms with Gasteiger partial charge in [0, 0.05) is 43.9 Å².